The second-order valence-corrected chi connectivity index (χ2v) is 7.18. The molecule has 0 bridgehead atoms. The van der Waals surface area contributed by atoms with Gasteiger partial charge in [-0.25, -0.2) is 4.98 Å². The molecule has 1 aromatic heterocycles. The van der Waals surface area contributed by atoms with E-state index in [1.54, 1.807) is 37.3 Å². The number of benzene rings is 3. The Bertz CT molecular complexity index is 1290. The molecule has 0 radical (unpaired) electrons. The van der Waals surface area contributed by atoms with Gasteiger partial charge in [-0.05, 0) is 37.3 Å². The molecule has 7 heteroatoms. The van der Waals surface area contributed by atoms with Crippen LogP contribution >= 0.6 is 11.6 Å². The van der Waals surface area contributed by atoms with Gasteiger partial charge in [-0.15, -0.1) is 0 Å². The standard InChI is InChI=1S/C23H16ClN3O3/c1-14-19(7-4-8-22(14)27(29)30)26-23(28)18-13-21(15-9-11-16(24)12-10-15)25-20-6-3-2-5-17(18)20/h2-13H,1H3,(H,26,28). The number of nitrogens with zero attached hydrogens (tertiary/aromatic N) is 2. The lowest BCUT2D eigenvalue weighted by atomic mass is 10.0. The molecule has 4 aromatic rings. The summed E-state index contributed by atoms with van der Waals surface area (Å²) in [5, 5.41) is 15.3. The SMILES string of the molecule is Cc1c(NC(=O)c2cc(-c3ccc(Cl)cc3)nc3ccccc23)cccc1[N+](=O)[O-]. The van der Waals surface area contributed by atoms with Gasteiger partial charge in [0.1, 0.15) is 0 Å². The first-order chi connectivity index (χ1) is 14.4. The number of nitrogens with one attached hydrogen (secondary N) is 1. The molecule has 1 amide bonds. The molecule has 6 nitrogen and oxygen atoms in total. The summed E-state index contributed by atoms with van der Waals surface area (Å²) in [5.74, 6) is -0.368. The summed E-state index contributed by atoms with van der Waals surface area (Å²) < 4.78 is 0. The molecular formula is C23H16ClN3O3. The van der Waals surface area contributed by atoms with Crippen molar-refractivity contribution in [3.05, 3.63) is 99.1 Å². The first-order valence-electron chi connectivity index (χ1n) is 9.15. The Kier molecular flexibility index (Phi) is 5.16. The van der Waals surface area contributed by atoms with Crippen LogP contribution in [0.1, 0.15) is 15.9 Å². The van der Waals surface area contributed by atoms with E-state index >= 15 is 0 Å². The van der Waals surface area contributed by atoms with Crippen molar-refractivity contribution in [2.24, 2.45) is 0 Å². The lowest BCUT2D eigenvalue weighted by molar-refractivity contribution is -0.385. The highest BCUT2D eigenvalue weighted by molar-refractivity contribution is 6.30. The van der Waals surface area contributed by atoms with E-state index in [9.17, 15) is 14.9 Å². The maximum absolute atomic E-state index is 13.2. The second kappa shape index (κ2) is 7.93. The van der Waals surface area contributed by atoms with Crippen LogP contribution in [0.15, 0.2) is 72.8 Å². The van der Waals surface area contributed by atoms with Crippen molar-refractivity contribution in [1.82, 2.24) is 4.98 Å². The third kappa shape index (κ3) is 3.73. The molecule has 30 heavy (non-hydrogen) atoms. The van der Waals surface area contributed by atoms with Gasteiger partial charge in [-0.2, -0.15) is 0 Å². The Hall–Kier alpha value is -3.77. The van der Waals surface area contributed by atoms with Gasteiger partial charge in [0.25, 0.3) is 11.6 Å². The van der Waals surface area contributed by atoms with Crippen LogP contribution in [0.4, 0.5) is 11.4 Å². The van der Waals surface area contributed by atoms with Gasteiger partial charge in [-0.3, -0.25) is 14.9 Å². The topological polar surface area (TPSA) is 85.1 Å². The highest BCUT2D eigenvalue weighted by Crippen LogP contribution is 2.29. The third-order valence-corrected chi connectivity index (χ3v) is 5.10. The monoisotopic (exact) mass is 417 g/mol. The fraction of sp³-hybridized carbons (Fsp3) is 0.0435. The lowest BCUT2D eigenvalue weighted by Crippen LogP contribution is -2.14. The van der Waals surface area contributed by atoms with E-state index in [4.69, 9.17) is 11.6 Å². The molecule has 148 valence electrons. The zero-order valence-corrected chi connectivity index (χ0v) is 16.7. The normalized spacial score (nSPS) is 10.7. The largest absolute Gasteiger partial charge is 0.321 e. The van der Waals surface area contributed by atoms with Gasteiger partial charge in [0.15, 0.2) is 0 Å². The number of hydrogen-bond acceptors (Lipinski definition) is 4. The molecule has 1 N–H and O–H groups in total. The smallest absolute Gasteiger partial charge is 0.274 e. The predicted octanol–water partition coefficient (Wildman–Crippen LogP) is 6.02. The Morgan fingerprint density at radius 2 is 1.77 bits per heavy atom. The molecule has 0 fully saturated rings. The molecule has 1 heterocycles. The van der Waals surface area contributed by atoms with Crippen molar-refractivity contribution >= 4 is 39.8 Å². The Balaban J connectivity index is 1.80. The number of fused-ring (bicyclic) bond motifs is 1. The van der Waals surface area contributed by atoms with Gasteiger partial charge < -0.3 is 5.32 Å². The Morgan fingerprint density at radius 1 is 1.03 bits per heavy atom. The number of aromatic nitrogens is 1. The van der Waals surface area contributed by atoms with Crippen LogP contribution in [0, 0.1) is 17.0 Å². The molecule has 4 rings (SSSR count). The van der Waals surface area contributed by atoms with Crippen molar-refractivity contribution < 1.29 is 9.72 Å². The zero-order chi connectivity index (χ0) is 21.3. The minimum Gasteiger partial charge on any atom is -0.321 e. The van der Waals surface area contributed by atoms with Gasteiger partial charge in [0.05, 0.1) is 32.9 Å². The fourth-order valence-corrected chi connectivity index (χ4v) is 3.40. The van der Waals surface area contributed by atoms with E-state index in [-0.39, 0.29) is 11.6 Å². The number of hydrogen-bond donors (Lipinski definition) is 1. The van der Waals surface area contributed by atoms with Crippen molar-refractivity contribution in [3.8, 4) is 11.3 Å². The van der Waals surface area contributed by atoms with E-state index in [1.807, 2.05) is 36.4 Å². The first-order valence-corrected chi connectivity index (χ1v) is 9.53. The molecule has 0 saturated heterocycles. The summed E-state index contributed by atoms with van der Waals surface area (Å²) >= 11 is 5.98. The summed E-state index contributed by atoms with van der Waals surface area (Å²) in [6.07, 6.45) is 0. The number of amides is 1. The van der Waals surface area contributed by atoms with Gasteiger partial charge >= 0.3 is 0 Å². The molecular weight excluding hydrogens is 402 g/mol. The van der Waals surface area contributed by atoms with Crippen molar-refractivity contribution in [2.75, 3.05) is 5.32 Å². The first kappa shape index (κ1) is 19.5. The van der Waals surface area contributed by atoms with Crippen molar-refractivity contribution in [1.29, 1.82) is 0 Å². The number of pyridine rings is 1. The molecule has 0 unspecified atom stereocenters. The molecule has 0 spiro atoms. The lowest BCUT2D eigenvalue weighted by Gasteiger charge is -2.12. The van der Waals surface area contributed by atoms with Crippen LogP contribution in [-0.4, -0.2) is 15.8 Å². The van der Waals surface area contributed by atoms with Crippen LogP contribution in [0.3, 0.4) is 0 Å². The number of carbonyl (C=O) groups excluding carboxylic acids is 1. The van der Waals surface area contributed by atoms with Gasteiger partial charge in [-0.1, -0.05) is 48.0 Å². The summed E-state index contributed by atoms with van der Waals surface area (Å²) in [4.78, 5) is 28.6. The van der Waals surface area contributed by atoms with Crippen molar-refractivity contribution in [2.45, 2.75) is 6.92 Å². The second-order valence-electron chi connectivity index (χ2n) is 6.74. The van der Waals surface area contributed by atoms with E-state index in [2.05, 4.69) is 10.3 Å². The average Bonchev–Trinajstić information content (AvgIpc) is 2.74. The molecule has 0 saturated carbocycles. The highest BCUT2D eigenvalue weighted by atomic mass is 35.5. The number of anilines is 1. The molecule has 0 aliphatic heterocycles. The highest BCUT2D eigenvalue weighted by Gasteiger charge is 2.18. The summed E-state index contributed by atoms with van der Waals surface area (Å²) in [7, 11) is 0. The Morgan fingerprint density at radius 3 is 2.50 bits per heavy atom. The Labute approximate surface area is 177 Å². The number of para-hydroxylation sites is 1. The fourth-order valence-electron chi connectivity index (χ4n) is 3.28. The summed E-state index contributed by atoms with van der Waals surface area (Å²) in [6, 6.07) is 20.9. The number of carbonyl (C=O) groups is 1. The minimum atomic E-state index is -0.467. The van der Waals surface area contributed by atoms with Crippen LogP contribution in [0.25, 0.3) is 22.2 Å². The maximum atomic E-state index is 13.2. The van der Waals surface area contributed by atoms with Crippen LogP contribution < -0.4 is 5.32 Å². The number of nitro groups is 1. The molecule has 0 atom stereocenters. The minimum absolute atomic E-state index is 0.0470. The van der Waals surface area contributed by atoms with Crippen LogP contribution in [0.5, 0.6) is 0 Å². The third-order valence-electron chi connectivity index (χ3n) is 4.85. The number of rotatable bonds is 4. The quantitative estimate of drug-likeness (QED) is 0.324. The predicted molar refractivity (Wildman–Crippen MR) is 118 cm³/mol. The summed E-state index contributed by atoms with van der Waals surface area (Å²) in [5.41, 5.74) is 3.30. The van der Waals surface area contributed by atoms with Crippen molar-refractivity contribution in [3.63, 3.8) is 0 Å². The maximum Gasteiger partial charge on any atom is 0.274 e. The average molecular weight is 418 g/mol. The van der Waals surface area contributed by atoms with Crippen LogP contribution in [-0.2, 0) is 0 Å². The summed E-state index contributed by atoms with van der Waals surface area (Å²) in [6.45, 7) is 1.61. The van der Waals surface area contributed by atoms with E-state index < -0.39 is 4.92 Å². The van der Waals surface area contributed by atoms with Gasteiger partial charge in [0.2, 0.25) is 0 Å². The van der Waals surface area contributed by atoms with E-state index in [1.165, 1.54) is 6.07 Å². The molecule has 0 aliphatic carbocycles. The molecule has 3 aromatic carbocycles. The molecule has 0 aliphatic rings. The van der Waals surface area contributed by atoms with E-state index in [0.717, 1.165) is 5.56 Å². The number of halogens is 1. The van der Waals surface area contributed by atoms with Gasteiger partial charge in [0, 0.05) is 22.0 Å². The number of nitro benzene ring substituents is 1. The zero-order valence-electron chi connectivity index (χ0n) is 15.9. The van der Waals surface area contributed by atoms with Crippen LogP contribution in [0.2, 0.25) is 5.02 Å². The van der Waals surface area contributed by atoms with E-state index in [0.29, 0.717) is 38.4 Å².